The molecule has 0 N–H and O–H groups in total. The molecule has 0 aliphatic carbocycles. The zero-order chi connectivity index (χ0) is 19.9. The van der Waals surface area contributed by atoms with Crippen molar-refractivity contribution in [3.63, 3.8) is 0 Å². The third-order valence-electron chi connectivity index (χ3n) is 4.77. The third kappa shape index (κ3) is 4.57. The molecular formula is C20H25N5O3. The van der Waals surface area contributed by atoms with Crippen LogP contribution in [0.2, 0.25) is 0 Å². The summed E-state index contributed by atoms with van der Waals surface area (Å²) in [7, 11) is 1.57. The zero-order valence-electron chi connectivity index (χ0n) is 16.2. The average Bonchev–Trinajstić information content (AvgIpc) is 2.74. The van der Waals surface area contributed by atoms with Crippen molar-refractivity contribution in [2.75, 3.05) is 49.6 Å². The van der Waals surface area contributed by atoms with Gasteiger partial charge in [0.2, 0.25) is 17.8 Å². The standard InChI is InChI=1S/C20H25N5O3/c1-16(26)25(17-6-3-4-7-18(17)28-2)11-8-19(27)23-12-14-24(15-13-23)20-21-9-5-10-22-20/h3-7,9-10H,8,11-15H2,1-2H3. The highest BCUT2D eigenvalue weighted by molar-refractivity contribution is 5.93. The number of hydrogen-bond donors (Lipinski definition) is 0. The van der Waals surface area contributed by atoms with Gasteiger partial charge in [-0.1, -0.05) is 12.1 Å². The highest BCUT2D eigenvalue weighted by Gasteiger charge is 2.24. The van der Waals surface area contributed by atoms with Gasteiger partial charge in [0.25, 0.3) is 0 Å². The van der Waals surface area contributed by atoms with E-state index in [0.29, 0.717) is 50.1 Å². The molecule has 2 amide bonds. The Morgan fingerprint density at radius 2 is 1.75 bits per heavy atom. The molecule has 1 fully saturated rings. The summed E-state index contributed by atoms with van der Waals surface area (Å²) in [6.45, 7) is 4.43. The first-order valence-electron chi connectivity index (χ1n) is 9.31. The van der Waals surface area contributed by atoms with Crippen molar-refractivity contribution >= 4 is 23.5 Å². The zero-order valence-corrected chi connectivity index (χ0v) is 16.2. The molecule has 2 heterocycles. The van der Waals surface area contributed by atoms with E-state index in [-0.39, 0.29) is 18.2 Å². The molecule has 0 saturated carbocycles. The summed E-state index contributed by atoms with van der Waals surface area (Å²) in [6.07, 6.45) is 3.70. The summed E-state index contributed by atoms with van der Waals surface area (Å²) in [6, 6.07) is 9.11. The Hall–Kier alpha value is -3.16. The van der Waals surface area contributed by atoms with Crippen LogP contribution in [0.5, 0.6) is 5.75 Å². The van der Waals surface area contributed by atoms with E-state index < -0.39 is 0 Å². The second-order valence-corrected chi connectivity index (χ2v) is 6.51. The Kier molecular flexibility index (Phi) is 6.41. The molecule has 3 rings (SSSR count). The van der Waals surface area contributed by atoms with E-state index in [0.717, 1.165) is 0 Å². The molecule has 2 aromatic rings. The van der Waals surface area contributed by atoms with Crippen molar-refractivity contribution in [3.8, 4) is 5.75 Å². The van der Waals surface area contributed by atoms with Gasteiger partial charge in [0.05, 0.1) is 12.8 Å². The van der Waals surface area contributed by atoms with Crippen LogP contribution in [-0.4, -0.2) is 66.5 Å². The lowest BCUT2D eigenvalue weighted by molar-refractivity contribution is -0.131. The van der Waals surface area contributed by atoms with Crippen LogP contribution in [0, 0.1) is 0 Å². The number of aromatic nitrogens is 2. The van der Waals surface area contributed by atoms with Gasteiger partial charge in [0, 0.05) is 58.5 Å². The van der Waals surface area contributed by atoms with Gasteiger partial charge in [-0.15, -0.1) is 0 Å². The Labute approximate surface area is 164 Å². The maximum Gasteiger partial charge on any atom is 0.225 e. The van der Waals surface area contributed by atoms with Gasteiger partial charge in [-0.05, 0) is 18.2 Å². The maximum atomic E-state index is 12.7. The van der Waals surface area contributed by atoms with Gasteiger partial charge in [-0.25, -0.2) is 9.97 Å². The van der Waals surface area contributed by atoms with Crippen LogP contribution in [0.15, 0.2) is 42.7 Å². The monoisotopic (exact) mass is 383 g/mol. The summed E-state index contributed by atoms with van der Waals surface area (Å²) in [5, 5.41) is 0. The summed E-state index contributed by atoms with van der Waals surface area (Å²) in [5.74, 6) is 1.22. The highest BCUT2D eigenvalue weighted by atomic mass is 16.5. The van der Waals surface area contributed by atoms with Crippen LogP contribution < -0.4 is 14.5 Å². The Morgan fingerprint density at radius 1 is 1.07 bits per heavy atom. The number of methoxy groups -OCH3 is 1. The Bertz CT molecular complexity index is 806. The highest BCUT2D eigenvalue weighted by Crippen LogP contribution is 2.28. The quantitative estimate of drug-likeness (QED) is 0.754. The van der Waals surface area contributed by atoms with Crippen LogP contribution >= 0.6 is 0 Å². The van der Waals surface area contributed by atoms with E-state index in [2.05, 4.69) is 14.9 Å². The van der Waals surface area contributed by atoms with Crippen LogP contribution in [0.3, 0.4) is 0 Å². The van der Waals surface area contributed by atoms with Crippen molar-refractivity contribution in [2.24, 2.45) is 0 Å². The van der Waals surface area contributed by atoms with E-state index >= 15 is 0 Å². The van der Waals surface area contributed by atoms with Crippen LogP contribution in [-0.2, 0) is 9.59 Å². The second kappa shape index (κ2) is 9.16. The summed E-state index contributed by atoms with van der Waals surface area (Å²) in [4.78, 5) is 38.8. The lowest BCUT2D eigenvalue weighted by atomic mass is 10.2. The molecule has 1 aliphatic heterocycles. The number of piperazine rings is 1. The average molecular weight is 383 g/mol. The lowest BCUT2D eigenvalue weighted by Crippen LogP contribution is -2.49. The van der Waals surface area contributed by atoms with E-state index in [9.17, 15) is 9.59 Å². The van der Waals surface area contributed by atoms with Crippen LogP contribution in [0.25, 0.3) is 0 Å². The van der Waals surface area contributed by atoms with E-state index in [4.69, 9.17) is 4.74 Å². The molecule has 1 saturated heterocycles. The second-order valence-electron chi connectivity index (χ2n) is 6.51. The minimum absolute atomic E-state index is 0.0368. The molecule has 0 unspecified atom stereocenters. The van der Waals surface area contributed by atoms with Gasteiger partial charge in [-0.2, -0.15) is 0 Å². The molecular weight excluding hydrogens is 358 g/mol. The third-order valence-corrected chi connectivity index (χ3v) is 4.77. The number of anilines is 2. The van der Waals surface area contributed by atoms with Crippen LogP contribution in [0.1, 0.15) is 13.3 Å². The number of ether oxygens (including phenoxy) is 1. The first-order chi connectivity index (χ1) is 13.6. The molecule has 148 valence electrons. The van der Waals surface area contributed by atoms with Crippen molar-refractivity contribution < 1.29 is 14.3 Å². The molecule has 1 aromatic carbocycles. The largest absolute Gasteiger partial charge is 0.495 e. The van der Waals surface area contributed by atoms with Crippen LogP contribution in [0.4, 0.5) is 11.6 Å². The SMILES string of the molecule is COc1ccccc1N(CCC(=O)N1CCN(c2ncccn2)CC1)C(C)=O. The van der Waals surface area contributed by atoms with Gasteiger partial charge in [0.1, 0.15) is 5.75 Å². The van der Waals surface area contributed by atoms with Gasteiger partial charge in [-0.3, -0.25) is 9.59 Å². The van der Waals surface area contributed by atoms with Gasteiger partial charge >= 0.3 is 0 Å². The predicted molar refractivity (Wildman–Crippen MR) is 106 cm³/mol. The fraction of sp³-hybridized carbons (Fsp3) is 0.400. The van der Waals surface area contributed by atoms with Crippen molar-refractivity contribution in [1.82, 2.24) is 14.9 Å². The molecule has 1 aromatic heterocycles. The first-order valence-corrected chi connectivity index (χ1v) is 9.31. The normalized spacial score (nSPS) is 13.9. The maximum absolute atomic E-state index is 12.7. The topological polar surface area (TPSA) is 78.9 Å². The summed E-state index contributed by atoms with van der Waals surface area (Å²) >= 11 is 0. The fourth-order valence-corrected chi connectivity index (χ4v) is 3.28. The summed E-state index contributed by atoms with van der Waals surface area (Å²) in [5.41, 5.74) is 0.677. The van der Waals surface area contributed by atoms with Crippen molar-refractivity contribution in [3.05, 3.63) is 42.7 Å². The number of carbonyl (C=O) groups excluding carboxylic acids is 2. The van der Waals surface area contributed by atoms with Gasteiger partial charge < -0.3 is 19.4 Å². The molecule has 8 heteroatoms. The Morgan fingerprint density at radius 3 is 2.39 bits per heavy atom. The molecule has 8 nitrogen and oxygen atoms in total. The van der Waals surface area contributed by atoms with Crippen molar-refractivity contribution in [2.45, 2.75) is 13.3 Å². The predicted octanol–water partition coefficient (Wildman–Crippen LogP) is 1.58. The van der Waals surface area contributed by atoms with E-state index in [1.54, 1.807) is 36.5 Å². The Balaban J connectivity index is 1.56. The minimum Gasteiger partial charge on any atom is -0.495 e. The molecule has 0 bridgehead atoms. The minimum atomic E-state index is -0.122. The van der Waals surface area contributed by atoms with Crippen molar-refractivity contribution in [1.29, 1.82) is 0 Å². The number of nitrogens with zero attached hydrogens (tertiary/aromatic N) is 5. The number of carbonyl (C=O) groups is 2. The molecule has 0 atom stereocenters. The summed E-state index contributed by atoms with van der Waals surface area (Å²) < 4.78 is 5.35. The smallest absolute Gasteiger partial charge is 0.225 e. The van der Waals surface area contributed by atoms with E-state index in [1.165, 1.54) is 6.92 Å². The number of para-hydroxylation sites is 2. The number of amides is 2. The number of benzene rings is 1. The molecule has 0 radical (unpaired) electrons. The lowest BCUT2D eigenvalue weighted by Gasteiger charge is -2.35. The number of rotatable bonds is 6. The molecule has 0 spiro atoms. The first kappa shape index (κ1) is 19.6. The fourth-order valence-electron chi connectivity index (χ4n) is 3.28. The number of hydrogen-bond acceptors (Lipinski definition) is 6. The molecule has 28 heavy (non-hydrogen) atoms. The van der Waals surface area contributed by atoms with E-state index in [1.807, 2.05) is 23.1 Å². The van der Waals surface area contributed by atoms with Gasteiger partial charge in [0.15, 0.2) is 0 Å². The molecule has 1 aliphatic rings.